The molecule has 0 saturated carbocycles. The van der Waals surface area contributed by atoms with Crippen LogP contribution in [0.4, 0.5) is 5.69 Å². The van der Waals surface area contributed by atoms with E-state index in [2.05, 4.69) is 18.7 Å². The number of hydrogen-bond donors (Lipinski definition) is 0. The van der Waals surface area contributed by atoms with E-state index in [0.29, 0.717) is 5.56 Å². The van der Waals surface area contributed by atoms with Crippen LogP contribution in [0, 0.1) is 6.92 Å². The summed E-state index contributed by atoms with van der Waals surface area (Å²) in [7, 11) is 1.64. The fraction of sp³-hybridized carbons (Fsp3) is 0.286. The Morgan fingerprint density at radius 3 is 2.46 bits per heavy atom. The number of methoxy groups -OCH3 is 1. The number of allylic oxidation sites excluding steroid dienone is 1. The van der Waals surface area contributed by atoms with Gasteiger partial charge in [0.25, 0.3) is 0 Å². The lowest BCUT2D eigenvalue weighted by Crippen LogP contribution is -2.22. The molecule has 0 radical (unpaired) electrons. The second-order valence-electron chi connectivity index (χ2n) is 5.61. The minimum Gasteiger partial charge on any atom is -0.495 e. The van der Waals surface area contributed by atoms with Crippen molar-refractivity contribution in [3.63, 3.8) is 0 Å². The minimum atomic E-state index is -0.0253. The van der Waals surface area contributed by atoms with E-state index < -0.39 is 0 Å². The summed E-state index contributed by atoms with van der Waals surface area (Å²) in [5, 5.41) is 0. The summed E-state index contributed by atoms with van der Waals surface area (Å²) in [6, 6.07) is 13.6. The van der Waals surface area contributed by atoms with Gasteiger partial charge in [0.2, 0.25) is 0 Å². The van der Waals surface area contributed by atoms with Gasteiger partial charge in [-0.2, -0.15) is 0 Å². The molecule has 0 spiro atoms. The van der Waals surface area contributed by atoms with E-state index >= 15 is 0 Å². The van der Waals surface area contributed by atoms with Gasteiger partial charge >= 0.3 is 0 Å². The number of aryl methyl sites for hydroxylation is 1. The van der Waals surface area contributed by atoms with Crippen LogP contribution in [0.25, 0.3) is 6.08 Å². The van der Waals surface area contributed by atoms with Crippen LogP contribution < -0.4 is 9.64 Å². The average Bonchev–Trinajstić information content (AvgIpc) is 2.62. The van der Waals surface area contributed by atoms with Crippen LogP contribution in [0.15, 0.2) is 48.5 Å². The van der Waals surface area contributed by atoms with Crippen molar-refractivity contribution in [3.8, 4) is 5.75 Å². The van der Waals surface area contributed by atoms with Gasteiger partial charge in [-0.05, 0) is 56.2 Å². The number of rotatable bonds is 7. The fourth-order valence-corrected chi connectivity index (χ4v) is 2.69. The molecular formula is C21H25NO2. The SMILES string of the molecule is CCN(CC)c1ccc(C(=O)C=Cc2ccccc2C)cc1OC. The molecule has 2 rings (SSSR count). The predicted molar refractivity (Wildman–Crippen MR) is 101 cm³/mol. The van der Waals surface area contributed by atoms with E-state index in [-0.39, 0.29) is 5.78 Å². The zero-order valence-corrected chi connectivity index (χ0v) is 14.9. The van der Waals surface area contributed by atoms with Crippen molar-refractivity contribution < 1.29 is 9.53 Å². The zero-order chi connectivity index (χ0) is 17.5. The van der Waals surface area contributed by atoms with E-state index in [0.717, 1.165) is 35.7 Å². The molecule has 0 heterocycles. The summed E-state index contributed by atoms with van der Waals surface area (Å²) in [5.74, 6) is 0.705. The van der Waals surface area contributed by atoms with Gasteiger partial charge in [-0.1, -0.05) is 30.3 Å². The highest BCUT2D eigenvalue weighted by Crippen LogP contribution is 2.29. The zero-order valence-electron chi connectivity index (χ0n) is 14.9. The predicted octanol–water partition coefficient (Wildman–Crippen LogP) is 4.75. The normalized spacial score (nSPS) is 10.8. The molecule has 0 unspecified atom stereocenters. The Balaban J connectivity index is 2.25. The maximum atomic E-state index is 12.5. The van der Waals surface area contributed by atoms with Crippen molar-refractivity contribution in [2.75, 3.05) is 25.1 Å². The molecule has 126 valence electrons. The molecule has 0 amide bonds. The maximum absolute atomic E-state index is 12.5. The van der Waals surface area contributed by atoms with E-state index in [1.54, 1.807) is 13.2 Å². The first kappa shape index (κ1) is 17.8. The third-order valence-corrected chi connectivity index (χ3v) is 4.17. The molecule has 3 heteroatoms. The number of carbonyl (C=O) groups is 1. The highest BCUT2D eigenvalue weighted by molar-refractivity contribution is 6.07. The van der Waals surface area contributed by atoms with Crippen LogP contribution in [0.3, 0.4) is 0 Å². The number of nitrogens with zero attached hydrogens (tertiary/aromatic N) is 1. The second-order valence-corrected chi connectivity index (χ2v) is 5.61. The van der Waals surface area contributed by atoms with Crippen molar-refractivity contribution in [3.05, 3.63) is 65.2 Å². The summed E-state index contributed by atoms with van der Waals surface area (Å²) in [6.07, 6.45) is 3.48. The molecule has 0 atom stereocenters. The number of carbonyl (C=O) groups excluding carboxylic acids is 1. The van der Waals surface area contributed by atoms with E-state index in [4.69, 9.17) is 4.74 Å². The Bertz CT molecular complexity index is 730. The third-order valence-electron chi connectivity index (χ3n) is 4.17. The van der Waals surface area contributed by atoms with Gasteiger partial charge in [-0.25, -0.2) is 0 Å². The molecule has 0 aromatic heterocycles. The van der Waals surface area contributed by atoms with Gasteiger partial charge in [0, 0.05) is 18.7 Å². The second kappa shape index (κ2) is 8.34. The molecule has 0 aliphatic heterocycles. The summed E-state index contributed by atoms with van der Waals surface area (Å²) in [6.45, 7) is 8.03. The lowest BCUT2D eigenvalue weighted by Gasteiger charge is -2.23. The van der Waals surface area contributed by atoms with Gasteiger partial charge in [-0.15, -0.1) is 0 Å². The Morgan fingerprint density at radius 1 is 1.12 bits per heavy atom. The summed E-state index contributed by atoms with van der Waals surface area (Å²) >= 11 is 0. The average molecular weight is 323 g/mol. The van der Waals surface area contributed by atoms with E-state index in [1.807, 2.05) is 55.5 Å². The highest BCUT2D eigenvalue weighted by atomic mass is 16.5. The largest absolute Gasteiger partial charge is 0.495 e. The summed E-state index contributed by atoms with van der Waals surface area (Å²) in [5.41, 5.74) is 3.85. The molecule has 2 aromatic rings. The van der Waals surface area contributed by atoms with Gasteiger partial charge < -0.3 is 9.64 Å². The fourth-order valence-electron chi connectivity index (χ4n) is 2.69. The van der Waals surface area contributed by atoms with E-state index in [9.17, 15) is 4.79 Å². The van der Waals surface area contributed by atoms with Gasteiger partial charge in [0.1, 0.15) is 5.75 Å². The first-order valence-corrected chi connectivity index (χ1v) is 8.31. The maximum Gasteiger partial charge on any atom is 0.185 e. The third kappa shape index (κ3) is 4.05. The van der Waals surface area contributed by atoms with Crippen LogP contribution in [-0.4, -0.2) is 26.0 Å². The van der Waals surface area contributed by atoms with Gasteiger partial charge in [0.05, 0.1) is 12.8 Å². The molecule has 24 heavy (non-hydrogen) atoms. The lowest BCUT2D eigenvalue weighted by molar-refractivity contribution is 0.104. The van der Waals surface area contributed by atoms with E-state index in [1.165, 1.54) is 0 Å². The van der Waals surface area contributed by atoms with Gasteiger partial charge in [-0.3, -0.25) is 4.79 Å². The van der Waals surface area contributed by atoms with Crippen molar-refractivity contribution in [2.24, 2.45) is 0 Å². The Labute approximate surface area is 144 Å². The standard InChI is InChI=1S/C21H25NO2/c1-5-22(6-2)19-13-11-18(15-21(19)24-4)20(23)14-12-17-10-8-7-9-16(17)3/h7-15H,5-6H2,1-4H3. The van der Waals surface area contributed by atoms with Crippen molar-refractivity contribution in [1.82, 2.24) is 0 Å². The monoisotopic (exact) mass is 323 g/mol. The van der Waals surface area contributed by atoms with Crippen molar-refractivity contribution in [2.45, 2.75) is 20.8 Å². The van der Waals surface area contributed by atoms with Crippen LogP contribution in [0.2, 0.25) is 0 Å². The summed E-state index contributed by atoms with van der Waals surface area (Å²) < 4.78 is 5.48. The number of anilines is 1. The smallest absolute Gasteiger partial charge is 0.185 e. The van der Waals surface area contributed by atoms with Crippen LogP contribution in [0.5, 0.6) is 5.75 Å². The molecule has 0 N–H and O–H groups in total. The van der Waals surface area contributed by atoms with Gasteiger partial charge in [0.15, 0.2) is 5.78 Å². The molecule has 0 saturated heterocycles. The first-order chi connectivity index (χ1) is 11.6. The van der Waals surface area contributed by atoms with Crippen molar-refractivity contribution in [1.29, 1.82) is 0 Å². The van der Waals surface area contributed by atoms with Crippen LogP contribution in [-0.2, 0) is 0 Å². The van der Waals surface area contributed by atoms with Crippen molar-refractivity contribution >= 4 is 17.5 Å². The number of ketones is 1. The highest BCUT2D eigenvalue weighted by Gasteiger charge is 2.12. The molecular weight excluding hydrogens is 298 g/mol. The first-order valence-electron chi connectivity index (χ1n) is 8.31. The molecule has 0 aliphatic rings. The number of ether oxygens (including phenoxy) is 1. The minimum absolute atomic E-state index is 0.0253. The molecule has 0 aliphatic carbocycles. The summed E-state index contributed by atoms with van der Waals surface area (Å²) in [4.78, 5) is 14.7. The quantitative estimate of drug-likeness (QED) is 0.544. The van der Waals surface area contributed by atoms with Crippen LogP contribution >= 0.6 is 0 Å². The molecule has 0 fully saturated rings. The number of hydrogen-bond acceptors (Lipinski definition) is 3. The Hall–Kier alpha value is -2.55. The Kier molecular flexibility index (Phi) is 6.19. The molecule has 2 aromatic carbocycles. The number of benzene rings is 2. The molecule has 0 bridgehead atoms. The topological polar surface area (TPSA) is 29.5 Å². The molecule has 3 nitrogen and oxygen atoms in total. The Morgan fingerprint density at radius 2 is 1.83 bits per heavy atom. The lowest BCUT2D eigenvalue weighted by atomic mass is 10.1. The van der Waals surface area contributed by atoms with Crippen LogP contribution in [0.1, 0.15) is 35.3 Å².